The van der Waals surface area contributed by atoms with Gasteiger partial charge in [-0.25, -0.2) is 0 Å². The summed E-state index contributed by atoms with van der Waals surface area (Å²) in [5, 5.41) is 7.74. The molecule has 2 aromatic carbocycles. The van der Waals surface area contributed by atoms with Gasteiger partial charge < -0.3 is 14.3 Å². The van der Waals surface area contributed by atoms with Gasteiger partial charge in [-0.2, -0.15) is 4.98 Å². The van der Waals surface area contributed by atoms with E-state index in [1.54, 1.807) is 36.7 Å². The second-order valence-corrected chi connectivity index (χ2v) is 6.31. The molecule has 3 aromatic heterocycles. The zero-order chi connectivity index (χ0) is 19.6. The van der Waals surface area contributed by atoms with Crippen LogP contribution in [-0.2, 0) is 0 Å². The Morgan fingerprint density at radius 2 is 1.83 bits per heavy atom. The van der Waals surface area contributed by atoms with Gasteiger partial charge in [0, 0.05) is 23.3 Å². The molecule has 0 aliphatic rings. The van der Waals surface area contributed by atoms with Gasteiger partial charge in [-0.1, -0.05) is 35.5 Å². The molecule has 0 aliphatic heterocycles. The van der Waals surface area contributed by atoms with Crippen molar-refractivity contribution in [3.8, 4) is 22.8 Å². The van der Waals surface area contributed by atoms with Crippen molar-refractivity contribution in [2.24, 2.45) is 0 Å². The molecule has 0 radical (unpaired) electrons. The molecule has 0 fully saturated rings. The van der Waals surface area contributed by atoms with E-state index in [-0.39, 0.29) is 11.7 Å². The van der Waals surface area contributed by atoms with Crippen molar-refractivity contribution < 1.29 is 13.7 Å². The van der Waals surface area contributed by atoms with Crippen LogP contribution in [0.1, 0.15) is 10.6 Å². The fraction of sp³-hybridized carbons (Fsp3) is 0. The first-order valence-corrected chi connectivity index (χ1v) is 8.91. The Kier molecular flexibility index (Phi) is 4.10. The van der Waals surface area contributed by atoms with E-state index in [2.05, 4.69) is 20.4 Å². The van der Waals surface area contributed by atoms with E-state index >= 15 is 0 Å². The minimum Gasteiger partial charge on any atom is -0.451 e. The Labute approximate surface area is 165 Å². The standard InChI is InChI=1S/C22H14N4O3/c27-21(19-12-14-6-1-4-10-18(14)28-19)24-17-9-3-2-8-16(17)22-25-20(26-29-22)15-7-5-11-23-13-15/h1-13H,(H,24,27). The van der Waals surface area contributed by atoms with E-state index in [4.69, 9.17) is 8.94 Å². The van der Waals surface area contributed by atoms with E-state index in [1.807, 2.05) is 42.5 Å². The third kappa shape index (κ3) is 3.25. The monoisotopic (exact) mass is 382 g/mol. The molecule has 7 heteroatoms. The Hall–Kier alpha value is -4.26. The van der Waals surface area contributed by atoms with Crippen molar-refractivity contribution in [2.45, 2.75) is 0 Å². The number of aromatic nitrogens is 3. The zero-order valence-corrected chi connectivity index (χ0v) is 15.1. The maximum absolute atomic E-state index is 12.7. The molecule has 140 valence electrons. The number of hydrogen-bond acceptors (Lipinski definition) is 6. The first-order chi connectivity index (χ1) is 14.3. The third-order valence-electron chi connectivity index (χ3n) is 4.40. The topological polar surface area (TPSA) is 94.1 Å². The molecular formula is C22H14N4O3. The Bertz CT molecular complexity index is 1270. The summed E-state index contributed by atoms with van der Waals surface area (Å²) in [7, 11) is 0. The highest BCUT2D eigenvalue weighted by atomic mass is 16.5. The van der Waals surface area contributed by atoms with Crippen LogP contribution in [0.5, 0.6) is 0 Å². The van der Waals surface area contributed by atoms with Gasteiger partial charge in [-0.3, -0.25) is 9.78 Å². The lowest BCUT2D eigenvalue weighted by Crippen LogP contribution is -2.11. The molecule has 5 rings (SSSR count). The average Bonchev–Trinajstić information content (AvgIpc) is 3.42. The molecule has 3 heterocycles. The number of anilines is 1. The van der Waals surface area contributed by atoms with Crippen LogP contribution in [0, 0.1) is 0 Å². The molecule has 5 aromatic rings. The number of amides is 1. The predicted molar refractivity (Wildman–Crippen MR) is 107 cm³/mol. The number of nitrogens with zero attached hydrogens (tertiary/aromatic N) is 3. The van der Waals surface area contributed by atoms with Gasteiger partial charge in [0.25, 0.3) is 11.8 Å². The van der Waals surface area contributed by atoms with E-state index < -0.39 is 0 Å². The van der Waals surface area contributed by atoms with Crippen molar-refractivity contribution >= 4 is 22.6 Å². The summed E-state index contributed by atoms with van der Waals surface area (Å²) in [6.07, 6.45) is 3.33. The fourth-order valence-electron chi connectivity index (χ4n) is 3.00. The van der Waals surface area contributed by atoms with E-state index in [9.17, 15) is 4.79 Å². The van der Waals surface area contributed by atoms with Crippen LogP contribution in [0.15, 0.2) is 88.1 Å². The molecule has 0 saturated carbocycles. The number of pyridine rings is 1. The number of hydrogen-bond donors (Lipinski definition) is 1. The van der Waals surface area contributed by atoms with Gasteiger partial charge in [0.05, 0.1) is 11.3 Å². The summed E-state index contributed by atoms with van der Waals surface area (Å²) < 4.78 is 11.1. The molecule has 1 amide bonds. The van der Waals surface area contributed by atoms with Crippen LogP contribution in [-0.4, -0.2) is 21.0 Å². The first kappa shape index (κ1) is 16.9. The minimum atomic E-state index is -0.361. The van der Waals surface area contributed by atoms with Crippen LogP contribution < -0.4 is 5.32 Å². The summed E-state index contributed by atoms with van der Waals surface area (Å²) in [4.78, 5) is 21.2. The summed E-state index contributed by atoms with van der Waals surface area (Å²) in [6, 6.07) is 20.0. The average molecular weight is 382 g/mol. The number of para-hydroxylation sites is 2. The first-order valence-electron chi connectivity index (χ1n) is 8.91. The third-order valence-corrected chi connectivity index (χ3v) is 4.40. The molecule has 0 aliphatic carbocycles. The number of fused-ring (bicyclic) bond motifs is 1. The van der Waals surface area contributed by atoms with Crippen LogP contribution >= 0.6 is 0 Å². The van der Waals surface area contributed by atoms with Crippen molar-refractivity contribution in [3.63, 3.8) is 0 Å². The lowest BCUT2D eigenvalue weighted by molar-refractivity contribution is 0.0998. The van der Waals surface area contributed by atoms with Crippen molar-refractivity contribution in [3.05, 3.63) is 84.9 Å². The maximum Gasteiger partial charge on any atom is 0.291 e. The summed E-state index contributed by atoms with van der Waals surface area (Å²) >= 11 is 0. The number of rotatable bonds is 4. The molecule has 0 bridgehead atoms. The second kappa shape index (κ2) is 7.05. The predicted octanol–water partition coefficient (Wildman–Crippen LogP) is 4.80. The fourth-order valence-corrected chi connectivity index (χ4v) is 3.00. The molecule has 0 spiro atoms. The highest BCUT2D eigenvalue weighted by Crippen LogP contribution is 2.29. The van der Waals surface area contributed by atoms with Gasteiger partial charge in [-0.05, 0) is 36.4 Å². The van der Waals surface area contributed by atoms with Gasteiger partial charge >= 0.3 is 0 Å². The Morgan fingerprint density at radius 1 is 0.966 bits per heavy atom. The molecule has 0 unspecified atom stereocenters. The van der Waals surface area contributed by atoms with Crippen molar-refractivity contribution in [1.29, 1.82) is 0 Å². The zero-order valence-electron chi connectivity index (χ0n) is 15.1. The SMILES string of the molecule is O=C(Nc1ccccc1-c1nc(-c2cccnc2)no1)c1cc2ccccc2o1. The summed E-state index contributed by atoms with van der Waals surface area (Å²) in [5.41, 5.74) is 2.55. The minimum absolute atomic E-state index is 0.225. The van der Waals surface area contributed by atoms with E-state index in [0.717, 1.165) is 10.9 Å². The highest BCUT2D eigenvalue weighted by molar-refractivity contribution is 6.06. The number of nitrogens with one attached hydrogen (secondary N) is 1. The van der Waals surface area contributed by atoms with Crippen LogP contribution in [0.4, 0.5) is 5.69 Å². The summed E-state index contributed by atoms with van der Waals surface area (Å²) in [6.45, 7) is 0. The lowest BCUT2D eigenvalue weighted by Gasteiger charge is -2.06. The molecule has 7 nitrogen and oxygen atoms in total. The van der Waals surface area contributed by atoms with Gasteiger partial charge in [0.1, 0.15) is 5.58 Å². The van der Waals surface area contributed by atoms with Crippen LogP contribution in [0.25, 0.3) is 33.8 Å². The number of carbonyl (C=O) groups excluding carboxylic acids is 1. The smallest absolute Gasteiger partial charge is 0.291 e. The maximum atomic E-state index is 12.7. The van der Waals surface area contributed by atoms with E-state index in [1.165, 1.54) is 0 Å². The van der Waals surface area contributed by atoms with Gasteiger partial charge in [-0.15, -0.1) is 0 Å². The Balaban J connectivity index is 1.45. The number of benzene rings is 2. The van der Waals surface area contributed by atoms with Crippen LogP contribution in [0.3, 0.4) is 0 Å². The second-order valence-electron chi connectivity index (χ2n) is 6.31. The molecule has 0 atom stereocenters. The number of carbonyl (C=O) groups is 1. The van der Waals surface area contributed by atoms with Crippen LogP contribution in [0.2, 0.25) is 0 Å². The van der Waals surface area contributed by atoms with Crippen molar-refractivity contribution in [1.82, 2.24) is 15.1 Å². The van der Waals surface area contributed by atoms with Crippen molar-refractivity contribution in [2.75, 3.05) is 5.32 Å². The lowest BCUT2D eigenvalue weighted by atomic mass is 10.1. The highest BCUT2D eigenvalue weighted by Gasteiger charge is 2.18. The number of furan rings is 1. The van der Waals surface area contributed by atoms with Gasteiger partial charge in [0.15, 0.2) is 5.76 Å². The quantitative estimate of drug-likeness (QED) is 0.480. The molecule has 0 saturated heterocycles. The molecule has 1 N–H and O–H groups in total. The van der Waals surface area contributed by atoms with E-state index in [0.29, 0.717) is 28.5 Å². The summed E-state index contributed by atoms with van der Waals surface area (Å²) in [5.74, 6) is 0.583. The van der Waals surface area contributed by atoms with Gasteiger partial charge in [0.2, 0.25) is 5.82 Å². The normalized spacial score (nSPS) is 10.9. The molecule has 29 heavy (non-hydrogen) atoms. The Morgan fingerprint density at radius 3 is 2.69 bits per heavy atom. The largest absolute Gasteiger partial charge is 0.451 e. The molecular weight excluding hydrogens is 368 g/mol.